The Kier molecular flexibility index (Phi) is 4.51. The number of para-hydroxylation sites is 1. The molecule has 0 radical (unpaired) electrons. The number of anilines is 1. The molecule has 0 aliphatic heterocycles. The van der Waals surface area contributed by atoms with Gasteiger partial charge in [0.25, 0.3) is 0 Å². The van der Waals surface area contributed by atoms with Crippen LogP contribution in [-0.4, -0.2) is 36.4 Å². The molecule has 0 fully saturated rings. The summed E-state index contributed by atoms with van der Waals surface area (Å²) in [5.41, 5.74) is 3.28. The summed E-state index contributed by atoms with van der Waals surface area (Å²) in [7, 11) is 1.86. The highest BCUT2D eigenvalue weighted by Gasteiger charge is 2.16. The summed E-state index contributed by atoms with van der Waals surface area (Å²) in [6.07, 6.45) is 0. The molecule has 2 aromatic carbocycles. The number of H-pyrrole nitrogens is 1. The van der Waals surface area contributed by atoms with Crippen molar-refractivity contribution in [1.82, 2.24) is 24.7 Å². The van der Waals surface area contributed by atoms with Crippen molar-refractivity contribution in [3.8, 4) is 11.6 Å². The average Bonchev–Trinajstić information content (AvgIpc) is 3.41. The molecule has 0 saturated carbocycles. The van der Waals surface area contributed by atoms with E-state index in [1.54, 1.807) is 0 Å². The second-order valence-corrected chi connectivity index (χ2v) is 7.85. The van der Waals surface area contributed by atoms with E-state index in [4.69, 9.17) is 4.42 Å². The summed E-state index contributed by atoms with van der Waals surface area (Å²) >= 11 is 1.32. The zero-order chi connectivity index (χ0) is 20.7. The van der Waals surface area contributed by atoms with Crippen molar-refractivity contribution in [3.05, 3.63) is 54.4 Å². The second-order valence-electron chi connectivity index (χ2n) is 6.90. The van der Waals surface area contributed by atoms with Crippen LogP contribution in [0.2, 0.25) is 0 Å². The number of fused-ring (bicyclic) bond motifs is 2. The minimum absolute atomic E-state index is 0.121. The normalized spacial score (nSPS) is 11.4. The number of nitrogens with zero attached hydrogens (tertiary/aromatic N) is 4. The molecule has 0 aliphatic rings. The molecule has 8 nitrogen and oxygen atoms in total. The van der Waals surface area contributed by atoms with E-state index in [2.05, 4.69) is 25.5 Å². The van der Waals surface area contributed by atoms with Crippen molar-refractivity contribution < 1.29 is 9.21 Å². The third kappa shape index (κ3) is 3.43. The van der Waals surface area contributed by atoms with E-state index in [9.17, 15) is 4.79 Å². The van der Waals surface area contributed by atoms with Crippen molar-refractivity contribution in [2.75, 3.05) is 11.1 Å². The highest BCUT2D eigenvalue weighted by atomic mass is 32.2. The number of hydrogen-bond acceptors (Lipinski definition) is 6. The zero-order valence-electron chi connectivity index (χ0n) is 16.3. The van der Waals surface area contributed by atoms with Crippen LogP contribution in [0.5, 0.6) is 0 Å². The minimum atomic E-state index is -0.121. The number of furan rings is 1. The number of aromatic amines is 1. The summed E-state index contributed by atoms with van der Waals surface area (Å²) in [6.45, 7) is 1.90. The molecular weight excluding hydrogens is 400 g/mol. The van der Waals surface area contributed by atoms with Crippen LogP contribution in [0.4, 0.5) is 5.69 Å². The topological polar surface area (TPSA) is 102 Å². The van der Waals surface area contributed by atoms with Gasteiger partial charge in [0, 0.05) is 18.1 Å². The highest BCUT2D eigenvalue weighted by Crippen LogP contribution is 2.28. The Bertz CT molecular complexity index is 1350. The van der Waals surface area contributed by atoms with E-state index in [0.29, 0.717) is 16.7 Å². The lowest BCUT2D eigenvalue weighted by Gasteiger charge is -2.05. The lowest BCUT2D eigenvalue weighted by Crippen LogP contribution is -2.14. The zero-order valence-corrected chi connectivity index (χ0v) is 17.2. The minimum Gasteiger partial charge on any atom is -0.453 e. The molecule has 1 amide bonds. The van der Waals surface area contributed by atoms with E-state index in [1.807, 2.05) is 67.1 Å². The first kappa shape index (κ1) is 18.4. The van der Waals surface area contributed by atoms with E-state index in [1.165, 1.54) is 11.8 Å². The highest BCUT2D eigenvalue weighted by molar-refractivity contribution is 7.99. The molecular formula is C21H18N6O2S. The summed E-state index contributed by atoms with van der Waals surface area (Å²) in [6, 6.07) is 15.3. The number of imidazole rings is 1. The van der Waals surface area contributed by atoms with Gasteiger partial charge in [-0.3, -0.25) is 4.79 Å². The van der Waals surface area contributed by atoms with Crippen molar-refractivity contribution in [1.29, 1.82) is 0 Å². The fraction of sp³-hybridized carbons (Fsp3) is 0.143. The molecule has 0 bridgehead atoms. The van der Waals surface area contributed by atoms with Gasteiger partial charge in [-0.15, -0.1) is 10.2 Å². The average molecular weight is 418 g/mol. The molecule has 0 atom stereocenters. The Hall–Kier alpha value is -3.59. The summed E-state index contributed by atoms with van der Waals surface area (Å²) in [5.74, 6) is 2.20. The maximum atomic E-state index is 12.4. The van der Waals surface area contributed by atoms with Gasteiger partial charge in [0.15, 0.2) is 16.7 Å². The van der Waals surface area contributed by atoms with Gasteiger partial charge >= 0.3 is 0 Å². The van der Waals surface area contributed by atoms with Gasteiger partial charge < -0.3 is 19.3 Å². The Balaban J connectivity index is 1.27. The number of thioether (sulfide) groups is 1. The van der Waals surface area contributed by atoms with Gasteiger partial charge in [0.05, 0.1) is 16.8 Å². The van der Waals surface area contributed by atoms with Crippen LogP contribution in [0, 0.1) is 6.92 Å². The number of carbonyl (C=O) groups excluding carboxylic acids is 1. The first-order valence-electron chi connectivity index (χ1n) is 9.34. The van der Waals surface area contributed by atoms with E-state index < -0.39 is 0 Å². The van der Waals surface area contributed by atoms with Crippen LogP contribution in [0.1, 0.15) is 5.82 Å². The fourth-order valence-corrected chi connectivity index (χ4v) is 4.00. The Morgan fingerprint density at radius 1 is 1.20 bits per heavy atom. The van der Waals surface area contributed by atoms with Gasteiger partial charge in [-0.2, -0.15) is 0 Å². The molecule has 30 heavy (non-hydrogen) atoms. The molecule has 3 aromatic heterocycles. The van der Waals surface area contributed by atoms with E-state index in [-0.39, 0.29) is 11.7 Å². The SMILES string of the molecule is Cc1nc2ccc(NC(=O)CSc3nnc(-c4cc5ccccc5o4)n3C)cc2[nH]1. The predicted molar refractivity (Wildman–Crippen MR) is 116 cm³/mol. The monoisotopic (exact) mass is 418 g/mol. The van der Waals surface area contributed by atoms with E-state index >= 15 is 0 Å². The fourth-order valence-electron chi connectivity index (χ4n) is 3.29. The smallest absolute Gasteiger partial charge is 0.234 e. The molecule has 2 N–H and O–H groups in total. The molecule has 0 aliphatic carbocycles. The molecule has 5 rings (SSSR count). The number of benzene rings is 2. The molecule has 0 unspecified atom stereocenters. The summed E-state index contributed by atoms with van der Waals surface area (Å²) in [5, 5.41) is 13.0. The van der Waals surface area contributed by atoms with Gasteiger partial charge in [0.1, 0.15) is 11.4 Å². The van der Waals surface area contributed by atoms with Crippen LogP contribution in [0.3, 0.4) is 0 Å². The Labute approximate surface area is 175 Å². The molecule has 5 aromatic rings. The third-order valence-corrected chi connectivity index (χ3v) is 5.72. The number of nitrogens with one attached hydrogen (secondary N) is 2. The van der Waals surface area contributed by atoms with Crippen LogP contribution >= 0.6 is 11.8 Å². The summed E-state index contributed by atoms with van der Waals surface area (Å²) < 4.78 is 7.70. The Morgan fingerprint density at radius 2 is 2.07 bits per heavy atom. The van der Waals surface area contributed by atoms with Crippen LogP contribution in [-0.2, 0) is 11.8 Å². The van der Waals surface area contributed by atoms with Crippen LogP contribution in [0.25, 0.3) is 33.6 Å². The van der Waals surface area contributed by atoms with Gasteiger partial charge in [-0.05, 0) is 37.3 Å². The van der Waals surface area contributed by atoms with Gasteiger partial charge in [0.2, 0.25) is 5.91 Å². The van der Waals surface area contributed by atoms with Crippen molar-refractivity contribution in [2.24, 2.45) is 7.05 Å². The van der Waals surface area contributed by atoms with Crippen molar-refractivity contribution >= 4 is 45.4 Å². The molecule has 0 spiro atoms. The standard InChI is InChI=1S/C21H18N6O2S/c1-12-22-15-8-7-14(10-16(15)23-12)24-19(28)11-30-21-26-25-20(27(21)2)18-9-13-5-3-4-6-17(13)29-18/h3-10H,11H2,1-2H3,(H,22,23)(H,24,28). The summed E-state index contributed by atoms with van der Waals surface area (Å²) in [4.78, 5) is 19.9. The van der Waals surface area contributed by atoms with Crippen LogP contribution in [0.15, 0.2) is 58.1 Å². The first-order chi connectivity index (χ1) is 14.6. The lowest BCUT2D eigenvalue weighted by molar-refractivity contribution is -0.113. The number of aromatic nitrogens is 5. The lowest BCUT2D eigenvalue weighted by atomic mass is 10.2. The van der Waals surface area contributed by atoms with Crippen molar-refractivity contribution in [3.63, 3.8) is 0 Å². The molecule has 9 heteroatoms. The van der Waals surface area contributed by atoms with Crippen molar-refractivity contribution in [2.45, 2.75) is 12.1 Å². The van der Waals surface area contributed by atoms with Crippen LogP contribution < -0.4 is 5.32 Å². The maximum Gasteiger partial charge on any atom is 0.234 e. The molecule has 150 valence electrons. The number of rotatable bonds is 5. The number of aryl methyl sites for hydroxylation is 1. The molecule has 0 saturated heterocycles. The van der Waals surface area contributed by atoms with E-state index in [0.717, 1.165) is 33.5 Å². The van der Waals surface area contributed by atoms with Gasteiger partial charge in [-0.1, -0.05) is 30.0 Å². The quantitative estimate of drug-likeness (QED) is 0.416. The molecule has 3 heterocycles. The third-order valence-electron chi connectivity index (χ3n) is 4.70. The largest absolute Gasteiger partial charge is 0.453 e. The second kappa shape index (κ2) is 7.34. The first-order valence-corrected chi connectivity index (χ1v) is 10.3. The Morgan fingerprint density at radius 3 is 2.93 bits per heavy atom. The maximum absolute atomic E-state index is 12.4. The number of amides is 1. The van der Waals surface area contributed by atoms with Gasteiger partial charge in [-0.25, -0.2) is 4.98 Å². The number of hydrogen-bond donors (Lipinski definition) is 2. The predicted octanol–water partition coefficient (Wildman–Crippen LogP) is 4.14. The number of carbonyl (C=O) groups is 1.